The molecule has 4 rings (SSSR count). The molecule has 0 saturated carbocycles. The predicted molar refractivity (Wildman–Crippen MR) is 108 cm³/mol. The lowest BCUT2D eigenvalue weighted by Crippen LogP contribution is -2.35. The van der Waals surface area contributed by atoms with Crippen molar-refractivity contribution in [2.75, 3.05) is 6.54 Å². The van der Waals surface area contributed by atoms with Crippen molar-refractivity contribution in [2.24, 2.45) is 7.05 Å². The topological polar surface area (TPSA) is 165 Å². The zero-order valence-electron chi connectivity index (χ0n) is 17.2. The minimum Gasteiger partial charge on any atom is -0.473 e. The Kier molecular flexibility index (Phi) is 6.77. The molecule has 0 bridgehead atoms. The fourth-order valence-corrected chi connectivity index (χ4v) is 3.19. The molecule has 4 heterocycles. The summed E-state index contributed by atoms with van der Waals surface area (Å²) in [5.74, 6) is -2.21. The Bertz CT molecular complexity index is 1170. The fraction of sp³-hybridized carbons (Fsp3) is 0.316. The van der Waals surface area contributed by atoms with Crippen LogP contribution < -0.4 is 5.56 Å². The maximum absolute atomic E-state index is 12.9. The molecule has 0 saturated heterocycles. The summed E-state index contributed by atoms with van der Waals surface area (Å²) >= 11 is 0. The molecule has 13 nitrogen and oxygen atoms in total. The lowest BCUT2D eigenvalue weighted by molar-refractivity contribution is -0.159. The molecule has 1 aliphatic rings. The van der Waals surface area contributed by atoms with E-state index in [4.69, 9.17) is 19.8 Å². The second-order valence-corrected chi connectivity index (χ2v) is 6.92. The number of carbonyl (C=O) groups excluding carboxylic acids is 1. The van der Waals surface area contributed by atoms with Crippen molar-refractivity contribution in [1.82, 2.24) is 33.8 Å². The summed E-state index contributed by atoms with van der Waals surface area (Å²) in [7, 11) is 1.61. The minimum absolute atomic E-state index is 0.169. The summed E-state index contributed by atoms with van der Waals surface area (Å²) in [5, 5.41) is 23.3. The Balaban J connectivity index is 0.000000427. The third kappa shape index (κ3) is 5.06. The van der Waals surface area contributed by atoms with E-state index in [-0.39, 0.29) is 11.5 Å². The van der Waals surface area contributed by atoms with Gasteiger partial charge in [-0.25, -0.2) is 14.6 Å². The van der Waals surface area contributed by atoms with Crippen molar-refractivity contribution >= 4 is 17.8 Å². The van der Waals surface area contributed by atoms with Gasteiger partial charge in [-0.2, -0.15) is 0 Å². The number of amides is 1. The van der Waals surface area contributed by atoms with Crippen molar-refractivity contribution in [1.29, 1.82) is 0 Å². The molecule has 1 aliphatic heterocycles. The van der Waals surface area contributed by atoms with Gasteiger partial charge in [-0.3, -0.25) is 9.59 Å². The summed E-state index contributed by atoms with van der Waals surface area (Å²) in [4.78, 5) is 48.7. The highest BCUT2D eigenvalue weighted by Gasteiger charge is 2.24. The van der Waals surface area contributed by atoms with Gasteiger partial charge in [0.15, 0.2) is 11.6 Å². The Labute approximate surface area is 181 Å². The molecular formula is C19H21N7O6. The average molecular weight is 443 g/mol. The zero-order valence-corrected chi connectivity index (χ0v) is 17.2. The van der Waals surface area contributed by atoms with E-state index in [0.29, 0.717) is 25.3 Å². The van der Waals surface area contributed by atoms with Gasteiger partial charge < -0.3 is 28.8 Å². The molecule has 0 fully saturated rings. The van der Waals surface area contributed by atoms with E-state index in [9.17, 15) is 9.59 Å². The number of hydrogen-bond donors (Lipinski definition) is 2. The van der Waals surface area contributed by atoms with Crippen LogP contribution in [0, 0.1) is 0 Å². The van der Waals surface area contributed by atoms with Crippen molar-refractivity contribution < 1.29 is 24.6 Å². The van der Waals surface area contributed by atoms with Crippen LogP contribution in [0.2, 0.25) is 0 Å². The van der Waals surface area contributed by atoms with Crippen LogP contribution in [0.1, 0.15) is 28.6 Å². The van der Waals surface area contributed by atoms with Gasteiger partial charge >= 0.3 is 11.9 Å². The first-order chi connectivity index (χ1) is 15.3. The lowest BCUT2D eigenvalue weighted by atomic mass is 10.3. The predicted octanol–water partition coefficient (Wildman–Crippen LogP) is -0.577. The average Bonchev–Trinajstić information content (AvgIpc) is 3.35. The normalized spacial score (nSPS) is 12.8. The first-order valence-corrected chi connectivity index (χ1v) is 9.56. The Morgan fingerprint density at radius 2 is 1.84 bits per heavy atom. The van der Waals surface area contributed by atoms with Crippen LogP contribution in [0.15, 0.2) is 41.7 Å². The molecule has 0 aliphatic carbocycles. The highest BCUT2D eigenvalue weighted by atomic mass is 16.4. The molecule has 13 heteroatoms. The molecule has 0 aromatic carbocycles. The SMILES string of the molecule is Cn1c(C(=O)N2CCCn3c(nnc3Cn3ccnc3)C2)cccc1=O.O=C(O)C(=O)O. The number of fused-ring (bicyclic) bond motifs is 1. The molecule has 0 atom stereocenters. The van der Waals surface area contributed by atoms with Crippen LogP contribution in [0.4, 0.5) is 0 Å². The monoisotopic (exact) mass is 443 g/mol. The van der Waals surface area contributed by atoms with E-state index in [1.807, 2.05) is 10.8 Å². The molecule has 1 amide bonds. The van der Waals surface area contributed by atoms with E-state index in [0.717, 1.165) is 24.6 Å². The number of imidazole rings is 1. The van der Waals surface area contributed by atoms with Gasteiger partial charge in [-0.15, -0.1) is 10.2 Å². The molecule has 3 aromatic rings. The minimum atomic E-state index is -1.82. The van der Waals surface area contributed by atoms with Crippen LogP contribution in [0.25, 0.3) is 0 Å². The van der Waals surface area contributed by atoms with Crippen molar-refractivity contribution in [3.63, 3.8) is 0 Å². The Morgan fingerprint density at radius 3 is 2.50 bits per heavy atom. The van der Waals surface area contributed by atoms with Gasteiger partial charge in [0.05, 0.1) is 19.4 Å². The van der Waals surface area contributed by atoms with Crippen LogP contribution in [-0.4, -0.2) is 68.4 Å². The third-order valence-corrected chi connectivity index (χ3v) is 4.80. The zero-order chi connectivity index (χ0) is 23.3. The lowest BCUT2D eigenvalue weighted by Gasteiger charge is -2.20. The molecule has 0 spiro atoms. The van der Waals surface area contributed by atoms with Crippen LogP contribution in [-0.2, 0) is 36.3 Å². The van der Waals surface area contributed by atoms with E-state index in [1.165, 1.54) is 10.6 Å². The molecular weight excluding hydrogens is 422 g/mol. The molecule has 168 valence electrons. The van der Waals surface area contributed by atoms with E-state index < -0.39 is 11.9 Å². The highest BCUT2D eigenvalue weighted by Crippen LogP contribution is 2.15. The smallest absolute Gasteiger partial charge is 0.414 e. The maximum atomic E-state index is 12.9. The number of carboxylic acids is 2. The number of pyridine rings is 1. The van der Waals surface area contributed by atoms with Crippen LogP contribution in [0.5, 0.6) is 0 Å². The highest BCUT2D eigenvalue weighted by molar-refractivity contribution is 6.27. The van der Waals surface area contributed by atoms with Crippen molar-refractivity contribution in [2.45, 2.75) is 26.1 Å². The van der Waals surface area contributed by atoms with Crippen molar-refractivity contribution in [3.8, 4) is 0 Å². The Morgan fingerprint density at radius 1 is 1.09 bits per heavy atom. The second kappa shape index (κ2) is 9.68. The molecule has 0 unspecified atom stereocenters. The number of hydrogen-bond acceptors (Lipinski definition) is 7. The molecule has 0 radical (unpaired) electrons. The van der Waals surface area contributed by atoms with Gasteiger partial charge in [0, 0.05) is 38.6 Å². The van der Waals surface area contributed by atoms with Gasteiger partial charge in [-0.1, -0.05) is 6.07 Å². The van der Waals surface area contributed by atoms with Gasteiger partial charge in [0.25, 0.3) is 11.5 Å². The number of aliphatic carboxylic acids is 2. The summed E-state index contributed by atoms with van der Waals surface area (Å²) in [6, 6.07) is 4.72. The van der Waals surface area contributed by atoms with E-state index in [2.05, 4.69) is 19.7 Å². The Hall–Kier alpha value is -4.29. The largest absolute Gasteiger partial charge is 0.473 e. The molecule has 3 aromatic heterocycles. The number of aromatic nitrogens is 6. The second-order valence-electron chi connectivity index (χ2n) is 6.92. The number of carbonyl (C=O) groups is 3. The maximum Gasteiger partial charge on any atom is 0.414 e. The molecule has 2 N–H and O–H groups in total. The quantitative estimate of drug-likeness (QED) is 0.504. The van der Waals surface area contributed by atoms with Gasteiger partial charge in [0.1, 0.15) is 5.69 Å². The molecule has 32 heavy (non-hydrogen) atoms. The standard InChI is InChI=1S/C17H19N7O2.C2H2O4/c1-21-13(4-2-5-16(21)25)17(26)23-7-3-8-24-14(19-20-15(24)11-23)10-22-9-6-18-12-22;3-1(4)2(5)6/h2,4-6,9,12H,3,7-8,10-11H2,1H3;(H,3,4)(H,5,6). The number of carboxylic acid groups (broad SMARTS) is 2. The summed E-state index contributed by atoms with van der Waals surface area (Å²) < 4.78 is 5.38. The number of rotatable bonds is 3. The van der Waals surface area contributed by atoms with Crippen LogP contribution >= 0.6 is 0 Å². The number of nitrogens with zero attached hydrogens (tertiary/aromatic N) is 7. The summed E-state index contributed by atoms with van der Waals surface area (Å²) in [6.07, 6.45) is 6.15. The van der Waals surface area contributed by atoms with E-state index >= 15 is 0 Å². The van der Waals surface area contributed by atoms with Crippen LogP contribution in [0.3, 0.4) is 0 Å². The third-order valence-electron chi connectivity index (χ3n) is 4.80. The summed E-state index contributed by atoms with van der Waals surface area (Å²) in [5.41, 5.74) is 0.181. The van der Waals surface area contributed by atoms with Crippen molar-refractivity contribution in [3.05, 3.63) is 64.6 Å². The first kappa shape index (κ1) is 22.4. The fourth-order valence-electron chi connectivity index (χ4n) is 3.19. The van der Waals surface area contributed by atoms with Gasteiger partial charge in [-0.05, 0) is 12.5 Å². The van der Waals surface area contributed by atoms with E-state index in [1.54, 1.807) is 36.6 Å². The summed E-state index contributed by atoms with van der Waals surface area (Å²) in [6.45, 7) is 2.33. The van der Waals surface area contributed by atoms with Gasteiger partial charge in [0.2, 0.25) is 0 Å². The first-order valence-electron chi connectivity index (χ1n) is 9.56.